The van der Waals surface area contributed by atoms with E-state index in [2.05, 4.69) is 5.32 Å². The molecule has 0 atom stereocenters. The summed E-state index contributed by atoms with van der Waals surface area (Å²) in [5.74, 6) is 0.0351. The van der Waals surface area contributed by atoms with Crippen molar-refractivity contribution in [3.05, 3.63) is 89.5 Å². The van der Waals surface area contributed by atoms with E-state index < -0.39 is 5.97 Å². The normalized spacial score (nSPS) is 10.2. The van der Waals surface area contributed by atoms with E-state index in [1.807, 2.05) is 31.2 Å². The molecule has 6 nitrogen and oxygen atoms in total. The number of amides is 1. The van der Waals surface area contributed by atoms with Crippen LogP contribution in [0.5, 0.6) is 11.5 Å². The van der Waals surface area contributed by atoms with E-state index in [1.54, 1.807) is 36.4 Å². The van der Waals surface area contributed by atoms with Crippen LogP contribution in [0.25, 0.3) is 0 Å². The van der Waals surface area contributed by atoms with Gasteiger partial charge in [0.05, 0.1) is 5.56 Å². The molecule has 0 aliphatic carbocycles. The highest BCUT2D eigenvalue weighted by molar-refractivity contribution is 6.04. The molecule has 3 aromatic rings. The number of ether oxygens (including phenoxy) is 2. The summed E-state index contributed by atoms with van der Waals surface area (Å²) in [7, 11) is 0. The van der Waals surface area contributed by atoms with Crippen LogP contribution in [0, 0.1) is 6.92 Å². The standard InChI is InChI=1S/C23H21NO5/c1-16-2-8-19(9-3-16)24-22(25)17-4-10-20(11-5-17)28-14-15-29-21-12-6-18(7-13-21)23(26)27/h2-13H,14-15H2,1H3,(H,24,25)(H,26,27). The Bertz CT molecular complexity index is 964. The third kappa shape index (κ3) is 5.84. The van der Waals surface area contributed by atoms with Crippen molar-refractivity contribution in [2.75, 3.05) is 18.5 Å². The SMILES string of the molecule is Cc1ccc(NC(=O)c2ccc(OCCOc3ccc(C(=O)O)cc3)cc2)cc1. The van der Waals surface area contributed by atoms with Crippen LogP contribution in [-0.4, -0.2) is 30.2 Å². The molecule has 3 aromatic carbocycles. The van der Waals surface area contributed by atoms with Crippen molar-refractivity contribution in [3.8, 4) is 11.5 Å². The van der Waals surface area contributed by atoms with Crippen molar-refractivity contribution < 1.29 is 24.2 Å². The average Bonchev–Trinajstić information content (AvgIpc) is 2.73. The molecular formula is C23H21NO5. The maximum atomic E-state index is 12.3. The summed E-state index contributed by atoms with van der Waals surface area (Å²) in [5, 5.41) is 11.7. The fraction of sp³-hybridized carbons (Fsp3) is 0.130. The van der Waals surface area contributed by atoms with Gasteiger partial charge in [0.2, 0.25) is 0 Å². The van der Waals surface area contributed by atoms with Gasteiger partial charge in [0, 0.05) is 11.3 Å². The molecule has 0 spiro atoms. The van der Waals surface area contributed by atoms with Gasteiger partial charge in [-0.2, -0.15) is 0 Å². The molecule has 0 radical (unpaired) electrons. The van der Waals surface area contributed by atoms with Gasteiger partial charge in [0.15, 0.2) is 0 Å². The Morgan fingerprint density at radius 2 is 1.24 bits per heavy atom. The van der Waals surface area contributed by atoms with E-state index in [4.69, 9.17) is 14.6 Å². The lowest BCUT2D eigenvalue weighted by atomic mass is 10.2. The van der Waals surface area contributed by atoms with E-state index in [0.717, 1.165) is 11.3 Å². The van der Waals surface area contributed by atoms with Gasteiger partial charge < -0.3 is 19.9 Å². The van der Waals surface area contributed by atoms with Crippen LogP contribution in [-0.2, 0) is 0 Å². The van der Waals surface area contributed by atoms with Crippen molar-refractivity contribution in [2.24, 2.45) is 0 Å². The van der Waals surface area contributed by atoms with Crippen LogP contribution in [0.2, 0.25) is 0 Å². The van der Waals surface area contributed by atoms with Crippen LogP contribution >= 0.6 is 0 Å². The van der Waals surface area contributed by atoms with E-state index in [1.165, 1.54) is 12.1 Å². The fourth-order valence-corrected chi connectivity index (χ4v) is 2.56. The molecule has 148 valence electrons. The minimum absolute atomic E-state index is 0.187. The number of aromatic carboxylic acids is 1. The highest BCUT2D eigenvalue weighted by atomic mass is 16.5. The van der Waals surface area contributed by atoms with Crippen LogP contribution in [0.4, 0.5) is 5.69 Å². The Labute approximate surface area is 168 Å². The third-order valence-electron chi connectivity index (χ3n) is 4.15. The second-order valence-corrected chi connectivity index (χ2v) is 6.37. The van der Waals surface area contributed by atoms with E-state index >= 15 is 0 Å². The number of aryl methyl sites for hydroxylation is 1. The summed E-state index contributed by atoms with van der Waals surface area (Å²) in [6.45, 7) is 2.61. The number of carboxylic acid groups (broad SMARTS) is 1. The maximum absolute atomic E-state index is 12.3. The molecule has 2 N–H and O–H groups in total. The molecule has 0 saturated heterocycles. The van der Waals surface area contributed by atoms with Gasteiger partial charge in [-0.15, -0.1) is 0 Å². The zero-order valence-electron chi connectivity index (χ0n) is 15.9. The van der Waals surface area contributed by atoms with Crippen LogP contribution < -0.4 is 14.8 Å². The summed E-state index contributed by atoms with van der Waals surface area (Å²) in [6, 6.07) is 20.6. The van der Waals surface area contributed by atoms with Gasteiger partial charge in [-0.1, -0.05) is 17.7 Å². The lowest BCUT2D eigenvalue weighted by Crippen LogP contribution is -2.12. The molecule has 0 aliphatic rings. The zero-order chi connectivity index (χ0) is 20.6. The number of nitrogens with one attached hydrogen (secondary N) is 1. The molecule has 1 amide bonds. The molecule has 0 saturated carbocycles. The smallest absolute Gasteiger partial charge is 0.335 e. The first-order valence-corrected chi connectivity index (χ1v) is 9.08. The van der Waals surface area contributed by atoms with E-state index in [9.17, 15) is 9.59 Å². The Kier molecular flexibility index (Phi) is 6.47. The number of carbonyl (C=O) groups is 2. The summed E-state index contributed by atoms with van der Waals surface area (Å²) in [4.78, 5) is 23.1. The molecule has 0 aromatic heterocycles. The van der Waals surface area contributed by atoms with Gasteiger partial charge in [-0.25, -0.2) is 4.79 Å². The van der Waals surface area contributed by atoms with Gasteiger partial charge in [0.25, 0.3) is 5.91 Å². The summed E-state index contributed by atoms with van der Waals surface area (Å²) in [5.41, 5.74) is 2.62. The quantitative estimate of drug-likeness (QED) is 0.556. The molecular weight excluding hydrogens is 370 g/mol. The Hall–Kier alpha value is -3.80. The maximum Gasteiger partial charge on any atom is 0.335 e. The Balaban J connectivity index is 1.44. The number of hydrogen-bond donors (Lipinski definition) is 2. The van der Waals surface area contributed by atoms with Crippen LogP contribution in [0.3, 0.4) is 0 Å². The first kappa shape index (κ1) is 19.9. The first-order chi connectivity index (χ1) is 14.0. The van der Waals surface area contributed by atoms with E-state index in [-0.39, 0.29) is 11.5 Å². The summed E-state index contributed by atoms with van der Waals surface area (Å²) in [6.07, 6.45) is 0. The second kappa shape index (κ2) is 9.41. The molecule has 0 heterocycles. The van der Waals surface area contributed by atoms with Gasteiger partial charge >= 0.3 is 5.97 Å². The van der Waals surface area contributed by atoms with Crippen molar-refractivity contribution >= 4 is 17.6 Å². The Morgan fingerprint density at radius 3 is 1.72 bits per heavy atom. The minimum Gasteiger partial charge on any atom is -0.490 e. The highest BCUT2D eigenvalue weighted by Gasteiger charge is 2.06. The molecule has 29 heavy (non-hydrogen) atoms. The lowest BCUT2D eigenvalue weighted by molar-refractivity contribution is 0.0696. The number of rotatable bonds is 8. The molecule has 0 fully saturated rings. The van der Waals surface area contributed by atoms with Crippen LogP contribution in [0.15, 0.2) is 72.8 Å². The number of hydrogen-bond acceptors (Lipinski definition) is 4. The monoisotopic (exact) mass is 391 g/mol. The van der Waals surface area contributed by atoms with Crippen molar-refractivity contribution in [3.63, 3.8) is 0 Å². The number of carbonyl (C=O) groups excluding carboxylic acids is 1. The number of carboxylic acids is 1. The molecule has 3 rings (SSSR count). The number of anilines is 1. The predicted molar refractivity (Wildman–Crippen MR) is 110 cm³/mol. The first-order valence-electron chi connectivity index (χ1n) is 9.08. The number of benzene rings is 3. The van der Waals surface area contributed by atoms with Gasteiger partial charge in [-0.05, 0) is 67.6 Å². The highest BCUT2D eigenvalue weighted by Crippen LogP contribution is 2.16. The summed E-state index contributed by atoms with van der Waals surface area (Å²) >= 11 is 0. The van der Waals surface area contributed by atoms with E-state index in [0.29, 0.717) is 30.3 Å². The lowest BCUT2D eigenvalue weighted by Gasteiger charge is -2.09. The van der Waals surface area contributed by atoms with Crippen molar-refractivity contribution in [1.29, 1.82) is 0 Å². The predicted octanol–water partition coefficient (Wildman–Crippen LogP) is 4.40. The van der Waals surface area contributed by atoms with Crippen molar-refractivity contribution in [1.82, 2.24) is 0 Å². The Morgan fingerprint density at radius 1 is 0.759 bits per heavy atom. The largest absolute Gasteiger partial charge is 0.490 e. The minimum atomic E-state index is -0.976. The second-order valence-electron chi connectivity index (χ2n) is 6.37. The molecule has 0 bridgehead atoms. The summed E-state index contributed by atoms with van der Waals surface area (Å²) < 4.78 is 11.1. The van der Waals surface area contributed by atoms with Gasteiger partial charge in [-0.3, -0.25) is 4.79 Å². The van der Waals surface area contributed by atoms with Crippen LogP contribution in [0.1, 0.15) is 26.3 Å². The fourth-order valence-electron chi connectivity index (χ4n) is 2.56. The average molecular weight is 391 g/mol. The molecule has 6 heteroatoms. The topological polar surface area (TPSA) is 84.9 Å². The van der Waals surface area contributed by atoms with Gasteiger partial charge in [0.1, 0.15) is 24.7 Å². The molecule has 0 unspecified atom stereocenters. The zero-order valence-corrected chi connectivity index (χ0v) is 15.9. The van der Waals surface area contributed by atoms with Crippen molar-refractivity contribution in [2.45, 2.75) is 6.92 Å². The molecule has 0 aliphatic heterocycles. The third-order valence-corrected chi connectivity index (χ3v) is 4.15.